The molecule has 0 radical (unpaired) electrons. The quantitative estimate of drug-likeness (QED) is 0.768. The van der Waals surface area contributed by atoms with Crippen LogP contribution in [0.15, 0.2) is 17.1 Å². The molecule has 0 aliphatic rings. The summed E-state index contributed by atoms with van der Waals surface area (Å²) in [7, 11) is 0. The Hall–Kier alpha value is -1.71. The maximum atomic E-state index is 11.4. The first-order chi connectivity index (χ1) is 7.09. The molecule has 4 nitrogen and oxygen atoms in total. The molecule has 2 heterocycles. The fraction of sp³-hybridized carbons (Fsp3) is 0.364. The maximum Gasteiger partial charge on any atom is 0.270 e. The van der Waals surface area contributed by atoms with Crippen molar-refractivity contribution in [2.75, 3.05) is 0 Å². The molecule has 0 saturated carbocycles. The van der Waals surface area contributed by atoms with Gasteiger partial charge in [0.1, 0.15) is 11.2 Å². The number of aromatic amines is 1. The van der Waals surface area contributed by atoms with E-state index in [9.17, 15) is 4.79 Å². The van der Waals surface area contributed by atoms with Crippen molar-refractivity contribution in [2.45, 2.75) is 26.7 Å². The number of hydrogen-bond donors (Lipinski definition) is 1. The number of aromatic nitrogens is 3. The summed E-state index contributed by atoms with van der Waals surface area (Å²) in [5.41, 5.74) is 2.79. The SMILES string of the molecule is Cc1nc2c(C(C)C)ccnc2[nH]c1=O. The lowest BCUT2D eigenvalue weighted by Crippen LogP contribution is -2.13. The standard InChI is InChI=1S/C11H13N3O/c1-6(2)8-4-5-12-10-9(8)13-7(3)11(15)14-10/h4-6H,1-3H3,(H,12,14,15). The van der Waals surface area contributed by atoms with Crippen LogP contribution in [0.3, 0.4) is 0 Å². The number of H-pyrrole nitrogens is 1. The zero-order valence-electron chi connectivity index (χ0n) is 9.03. The highest BCUT2D eigenvalue weighted by Crippen LogP contribution is 2.20. The Kier molecular flexibility index (Phi) is 2.26. The minimum Gasteiger partial charge on any atom is -0.304 e. The van der Waals surface area contributed by atoms with Crippen molar-refractivity contribution >= 4 is 11.2 Å². The van der Waals surface area contributed by atoms with E-state index in [-0.39, 0.29) is 5.56 Å². The summed E-state index contributed by atoms with van der Waals surface area (Å²) in [5.74, 6) is 0.369. The number of rotatable bonds is 1. The Morgan fingerprint density at radius 2 is 2.13 bits per heavy atom. The number of aryl methyl sites for hydroxylation is 1. The second kappa shape index (κ2) is 3.46. The van der Waals surface area contributed by atoms with Gasteiger partial charge in [0.2, 0.25) is 0 Å². The normalized spacial score (nSPS) is 11.2. The molecule has 0 amide bonds. The topological polar surface area (TPSA) is 58.6 Å². The van der Waals surface area contributed by atoms with Gasteiger partial charge in [0.05, 0.1) is 0 Å². The van der Waals surface area contributed by atoms with Crippen LogP contribution in [-0.4, -0.2) is 15.0 Å². The van der Waals surface area contributed by atoms with Gasteiger partial charge in [0, 0.05) is 6.20 Å². The molecule has 0 unspecified atom stereocenters. The van der Waals surface area contributed by atoms with Crippen LogP contribution in [-0.2, 0) is 0 Å². The molecule has 2 aromatic rings. The van der Waals surface area contributed by atoms with Gasteiger partial charge in [-0.25, -0.2) is 9.97 Å². The van der Waals surface area contributed by atoms with Crippen molar-refractivity contribution in [2.24, 2.45) is 0 Å². The first-order valence-electron chi connectivity index (χ1n) is 4.95. The molecule has 4 heteroatoms. The molecule has 15 heavy (non-hydrogen) atoms. The highest BCUT2D eigenvalue weighted by atomic mass is 16.1. The lowest BCUT2D eigenvalue weighted by atomic mass is 10.0. The van der Waals surface area contributed by atoms with E-state index in [4.69, 9.17) is 0 Å². The van der Waals surface area contributed by atoms with Crippen LogP contribution in [0.25, 0.3) is 11.2 Å². The third-order valence-electron chi connectivity index (χ3n) is 2.42. The van der Waals surface area contributed by atoms with Gasteiger partial charge in [0.25, 0.3) is 5.56 Å². The van der Waals surface area contributed by atoms with E-state index in [0.717, 1.165) is 11.1 Å². The Bertz CT molecular complexity index is 557. The molecule has 0 aliphatic heterocycles. The Morgan fingerprint density at radius 3 is 2.80 bits per heavy atom. The second-order valence-corrected chi connectivity index (χ2v) is 3.90. The van der Waals surface area contributed by atoms with Crippen LogP contribution in [0, 0.1) is 6.92 Å². The van der Waals surface area contributed by atoms with Crippen molar-refractivity contribution in [1.29, 1.82) is 0 Å². The van der Waals surface area contributed by atoms with Gasteiger partial charge in [-0.15, -0.1) is 0 Å². The molecule has 78 valence electrons. The van der Waals surface area contributed by atoms with Gasteiger partial charge in [0.15, 0.2) is 5.65 Å². The number of fused-ring (bicyclic) bond motifs is 1. The predicted octanol–water partition coefficient (Wildman–Crippen LogP) is 1.75. The summed E-state index contributed by atoms with van der Waals surface area (Å²) in [5, 5.41) is 0. The molecule has 0 aromatic carbocycles. The second-order valence-electron chi connectivity index (χ2n) is 3.90. The van der Waals surface area contributed by atoms with Crippen molar-refractivity contribution in [1.82, 2.24) is 15.0 Å². The highest BCUT2D eigenvalue weighted by Gasteiger charge is 2.08. The molecule has 0 fully saturated rings. The fourth-order valence-corrected chi connectivity index (χ4v) is 1.56. The van der Waals surface area contributed by atoms with Gasteiger partial charge >= 0.3 is 0 Å². The van der Waals surface area contributed by atoms with E-state index in [2.05, 4.69) is 28.8 Å². The Morgan fingerprint density at radius 1 is 1.40 bits per heavy atom. The first kappa shape index (κ1) is 9.83. The molecule has 0 aliphatic carbocycles. The average Bonchev–Trinajstić information content (AvgIpc) is 2.18. The summed E-state index contributed by atoms with van der Waals surface area (Å²) in [4.78, 5) is 22.5. The summed E-state index contributed by atoms with van der Waals surface area (Å²) in [6.07, 6.45) is 1.70. The van der Waals surface area contributed by atoms with E-state index in [1.165, 1.54) is 0 Å². The van der Waals surface area contributed by atoms with Crippen LogP contribution < -0.4 is 5.56 Å². The van der Waals surface area contributed by atoms with Gasteiger partial charge < -0.3 is 4.98 Å². The minimum atomic E-state index is -0.170. The Labute approximate surface area is 87.4 Å². The number of pyridine rings is 1. The van der Waals surface area contributed by atoms with E-state index < -0.39 is 0 Å². The van der Waals surface area contributed by atoms with Crippen molar-refractivity contribution in [3.8, 4) is 0 Å². The summed E-state index contributed by atoms with van der Waals surface area (Å²) >= 11 is 0. The molecule has 2 aromatic heterocycles. The van der Waals surface area contributed by atoms with Crippen molar-refractivity contribution in [3.63, 3.8) is 0 Å². The molecule has 0 bridgehead atoms. The summed E-state index contributed by atoms with van der Waals surface area (Å²) in [6.45, 7) is 5.89. The number of nitrogens with one attached hydrogen (secondary N) is 1. The molecular formula is C11H13N3O. The molecule has 0 saturated heterocycles. The maximum absolute atomic E-state index is 11.4. The van der Waals surface area contributed by atoms with Crippen molar-refractivity contribution < 1.29 is 0 Å². The van der Waals surface area contributed by atoms with Gasteiger partial charge in [-0.2, -0.15) is 0 Å². The van der Waals surface area contributed by atoms with Gasteiger partial charge in [-0.3, -0.25) is 4.79 Å². The van der Waals surface area contributed by atoms with Gasteiger partial charge in [-0.05, 0) is 24.5 Å². The number of hydrogen-bond acceptors (Lipinski definition) is 3. The van der Waals surface area contributed by atoms with E-state index >= 15 is 0 Å². The molecular weight excluding hydrogens is 190 g/mol. The number of nitrogens with zero attached hydrogens (tertiary/aromatic N) is 2. The summed E-state index contributed by atoms with van der Waals surface area (Å²) < 4.78 is 0. The van der Waals surface area contributed by atoms with Crippen molar-refractivity contribution in [3.05, 3.63) is 33.9 Å². The van der Waals surface area contributed by atoms with Crippen LogP contribution in [0.1, 0.15) is 31.0 Å². The minimum absolute atomic E-state index is 0.170. The largest absolute Gasteiger partial charge is 0.304 e. The van der Waals surface area contributed by atoms with Crippen LogP contribution in [0.5, 0.6) is 0 Å². The van der Waals surface area contributed by atoms with Gasteiger partial charge in [-0.1, -0.05) is 13.8 Å². The van der Waals surface area contributed by atoms with E-state index in [1.54, 1.807) is 13.1 Å². The monoisotopic (exact) mass is 203 g/mol. The molecule has 2 rings (SSSR count). The first-order valence-corrected chi connectivity index (χ1v) is 4.95. The molecule has 0 atom stereocenters. The predicted molar refractivity (Wildman–Crippen MR) is 59.0 cm³/mol. The fourth-order valence-electron chi connectivity index (χ4n) is 1.56. The average molecular weight is 203 g/mol. The third kappa shape index (κ3) is 1.63. The Balaban J connectivity index is 2.86. The molecule has 0 spiro atoms. The zero-order chi connectivity index (χ0) is 11.0. The summed E-state index contributed by atoms with van der Waals surface area (Å²) in [6, 6.07) is 1.94. The smallest absolute Gasteiger partial charge is 0.270 e. The van der Waals surface area contributed by atoms with E-state index in [1.807, 2.05) is 6.07 Å². The van der Waals surface area contributed by atoms with Crippen LogP contribution in [0.2, 0.25) is 0 Å². The lowest BCUT2D eigenvalue weighted by molar-refractivity contribution is 0.867. The lowest BCUT2D eigenvalue weighted by Gasteiger charge is -2.07. The highest BCUT2D eigenvalue weighted by molar-refractivity contribution is 5.74. The molecule has 1 N–H and O–H groups in total. The van der Waals surface area contributed by atoms with Crippen LogP contribution >= 0.6 is 0 Å². The van der Waals surface area contributed by atoms with Crippen LogP contribution in [0.4, 0.5) is 0 Å². The third-order valence-corrected chi connectivity index (χ3v) is 2.42. The van der Waals surface area contributed by atoms with E-state index in [0.29, 0.717) is 17.3 Å². The zero-order valence-corrected chi connectivity index (χ0v) is 9.03.